The Kier molecular flexibility index (Phi) is 4.60. The predicted octanol–water partition coefficient (Wildman–Crippen LogP) is 3.84. The van der Waals surface area contributed by atoms with Gasteiger partial charge in [0.25, 0.3) is 0 Å². The minimum Gasteiger partial charge on any atom is -0.340 e. The van der Waals surface area contributed by atoms with Crippen molar-refractivity contribution in [3.63, 3.8) is 0 Å². The van der Waals surface area contributed by atoms with Crippen molar-refractivity contribution in [2.75, 3.05) is 11.9 Å². The molecule has 23 heavy (non-hydrogen) atoms. The van der Waals surface area contributed by atoms with Crippen LogP contribution in [0.15, 0.2) is 28.8 Å². The van der Waals surface area contributed by atoms with Crippen molar-refractivity contribution in [3.05, 3.63) is 41.5 Å². The van der Waals surface area contributed by atoms with Crippen LogP contribution < -0.4 is 5.32 Å². The fraction of sp³-hybridized carbons (Fsp3) is 0.471. The number of amides is 2. The van der Waals surface area contributed by atoms with E-state index in [1.54, 1.807) is 6.92 Å². The van der Waals surface area contributed by atoms with Crippen LogP contribution in [0.4, 0.5) is 10.5 Å². The summed E-state index contributed by atoms with van der Waals surface area (Å²) in [5.74, 6) is 1.13. The number of anilines is 1. The number of likely N-dealkylation sites (tertiary alicyclic amines) is 1. The van der Waals surface area contributed by atoms with Gasteiger partial charge in [-0.2, -0.15) is 4.98 Å². The number of para-hydroxylation sites is 1. The number of carbonyl (C=O) groups is 1. The smallest absolute Gasteiger partial charge is 0.322 e. The van der Waals surface area contributed by atoms with Crippen LogP contribution in [0.2, 0.25) is 0 Å². The largest absolute Gasteiger partial charge is 0.340 e. The van der Waals surface area contributed by atoms with E-state index in [1.807, 2.05) is 36.1 Å². The number of aryl methyl sites for hydroxylation is 2. The Morgan fingerprint density at radius 3 is 2.83 bits per heavy atom. The molecule has 0 radical (unpaired) electrons. The van der Waals surface area contributed by atoms with E-state index in [-0.39, 0.29) is 12.1 Å². The van der Waals surface area contributed by atoms with Gasteiger partial charge >= 0.3 is 6.03 Å². The second-order valence-corrected chi connectivity index (χ2v) is 5.98. The van der Waals surface area contributed by atoms with E-state index >= 15 is 0 Å². The molecular formula is C17H22N4O2. The van der Waals surface area contributed by atoms with Crippen LogP contribution in [0, 0.1) is 13.8 Å². The highest BCUT2D eigenvalue weighted by molar-refractivity contribution is 5.90. The monoisotopic (exact) mass is 314 g/mol. The van der Waals surface area contributed by atoms with Gasteiger partial charge in [-0.15, -0.1) is 0 Å². The Bertz CT molecular complexity index is 683. The summed E-state index contributed by atoms with van der Waals surface area (Å²) in [4.78, 5) is 19.0. The fourth-order valence-electron chi connectivity index (χ4n) is 2.97. The predicted molar refractivity (Wildman–Crippen MR) is 87.1 cm³/mol. The Morgan fingerprint density at radius 2 is 2.09 bits per heavy atom. The molecule has 1 aliphatic heterocycles. The summed E-state index contributed by atoms with van der Waals surface area (Å²) in [5, 5.41) is 7.05. The van der Waals surface area contributed by atoms with E-state index in [0.717, 1.165) is 36.9 Å². The SMILES string of the molecule is Cc1nc([C@H]2CCCCCN2C(=O)Nc2ccccc2C)no1. The van der Waals surface area contributed by atoms with Gasteiger partial charge in [-0.25, -0.2) is 4.79 Å². The summed E-state index contributed by atoms with van der Waals surface area (Å²) in [6.07, 6.45) is 4.03. The highest BCUT2D eigenvalue weighted by atomic mass is 16.5. The number of aromatic nitrogens is 2. The molecule has 0 bridgehead atoms. The molecule has 1 aromatic heterocycles. The lowest BCUT2D eigenvalue weighted by Crippen LogP contribution is -2.38. The molecule has 0 aliphatic carbocycles. The minimum atomic E-state index is -0.126. The van der Waals surface area contributed by atoms with Crippen molar-refractivity contribution in [2.24, 2.45) is 0 Å². The number of rotatable bonds is 2. The Balaban J connectivity index is 1.81. The van der Waals surface area contributed by atoms with Crippen LogP contribution in [-0.2, 0) is 0 Å². The molecule has 0 spiro atoms. The highest BCUT2D eigenvalue weighted by Crippen LogP contribution is 2.29. The normalized spacial score (nSPS) is 18.5. The average Bonchev–Trinajstić information content (AvgIpc) is 2.82. The molecule has 1 atom stereocenters. The Hall–Kier alpha value is -2.37. The number of hydrogen-bond donors (Lipinski definition) is 1. The molecule has 1 aliphatic rings. The second kappa shape index (κ2) is 6.81. The van der Waals surface area contributed by atoms with E-state index in [1.165, 1.54) is 0 Å². The van der Waals surface area contributed by atoms with E-state index in [2.05, 4.69) is 15.5 Å². The fourth-order valence-corrected chi connectivity index (χ4v) is 2.97. The lowest BCUT2D eigenvalue weighted by atomic mass is 10.1. The first-order chi connectivity index (χ1) is 11.1. The van der Waals surface area contributed by atoms with E-state index < -0.39 is 0 Å². The Morgan fingerprint density at radius 1 is 1.26 bits per heavy atom. The van der Waals surface area contributed by atoms with Crippen LogP contribution in [0.25, 0.3) is 0 Å². The number of nitrogens with zero attached hydrogens (tertiary/aromatic N) is 3. The number of carbonyl (C=O) groups excluding carboxylic acids is 1. The number of urea groups is 1. The highest BCUT2D eigenvalue weighted by Gasteiger charge is 2.30. The average molecular weight is 314 g/mol. The number of benzene rings is 1. The molecule has 6 nitrogen and oxygen atoms in total. The second-order valence-electron chi connectivity index (χ2n) is 5.98. The first kappa shape index (κ1) is 15.5. The molecule has 1 aromatic carbocycles. The molecule has 122 valence electrons. The molecule has 0 saturated carbocycles. The summed E-state index contributed by atoms with van der Waals surface area (Å²) < 4.78 is 5.10. The van der Waals surface area contributed by atoms with Crippen LogP contribution >= 0.6 is 0 Å². The molecular weight excluding hydrogens is 292 g/mol. The van der Waals surface area contributed by atoms with Gasteiger partial charge in [0.2, 0.25) is 5.89 Å². The third-order valence-electron chi connectivity index (χ3n) is 4.24. The molecule has 1 fully saturated rings. The van der Waals surface area contributed by atoms with Crippen molar-refractivity contribution < 1.29 is 9.32 Å². The topological polar surface area (TPSA) is 71.3 Å². The van der Waals surface area contributed by atoms with Gasteiger partial charge in [-0.1, -0.05) is 36.2 Å². The van der Waals surface area contributed by atoms with Gasteiger partial charge in [0.15, 0.2) is 5.82 Å². The quantitative estimate of drug-likeness (QED) is 0.914. The minimum absolute atomic E-state index is 0.103. The maximum atomic E-state index is 12.8. The van der Waals surface area contributed by atoms with Gasteiger partial charge in [-0.05, 0) is 31.4 Å². The lowest BCUT2D eigenvalue weighted by molar-refractivity contribution is 0.184. The van der Waals surface area contributed by atoms with Gasteiger partial charge < -0.3 is 14.7 Å². The summed E-state index contributed by atoms with van der Waals surface area (Å²) in [6.45, 7) is 4.46. The third kappa shape index (κ3) is 3.52. The molecule has 0 unspecified atom stereocenters. The van der Waals surface area contributed by atoms with Gasteiger partial charge in [0, 0.05) is 19.2 Å². The molecule has 3 rings (SSSR count). The molecule has 1 saturated heterocycles. The summed E-state index contributed by atoms with van der Waals surface area (Å²) >= 11 is 0. The summed E-state index contributed by atoms with van der Waals surface area (Å²) in [6, 6.07) is 7.55. The van der Waals surface area contributed by atoms with Crippen molar-refractivity contribution >= 4 is 11.7 Å². The van der Waals surface area contributed by atoms with Gasteiger partial charge in [-0.3, -0.25) is 0 Å². The Labute approximate surface area is 135 Å². The maximum absolute atomic E-state index is 12.8. The first-order valence-corrected chi connectivity index (χ1v) is 8.08. The third-order valence-corrected chi connectivity index (χ3v) is 4.24. The lowest BCUT2D eigenvalue weighted by Gasteiger charge is -2.28. The van der Waals surface area contributed by atoms with Crippen molar-refractivity contribution in [2.45, 2.75) is 45.6 Å². The van der Waals surface area contributed by atoms with Gasteiger partial charge in [0.05, 0.1) is 6.04 Å². The molecule has 2 heterocycles. The van der Waals surface area contributed by atoms with Crippen molar-refractivity contribution in [1.29, 1.82) is 0 Å². The van der Waals surface area contributed by atoms with Crippen molar-refractivity contribution in [1.82, 2.24) is 15.0 Å². The van der Waals surface area contributed by atoms with Crippen LogP contribution in [0.1, 0.15) is 49.0 Å². The first-order valence-electron chi connectivity index (χ1n) is 8.08. The van der Waals surface area contributed by atoms with E-state index in [4.69, 9.17) is 4.52 Å². The molecule has 1 N–H and O–H groups in total. The zero-order valence-corrected chi connectivity index (χ0v) is 13.6. The number of hydrogen-bond acceptors (Lipinski definition) is 4. The van der Waals surface area contributed by atoms with Crippen LogP contribution in [0.5, 0.6) is 0 Å². The summed E-state index contributed by atoms with van der Waals surface area (Å²) in [7, 11) is 0. The van der Waals surface area contributed by atoms with E-state index in [0.29, 0.717) is 18.3 Å². The van der Waals surface area contributed by atoms with Crippen LogP contribution in [0.3, 0.4) is 0 Å². The summed E-state index contributed by atoms with van der Waals surface area (Å²) in [5.41, 5.74) is 1.88. The van der Waals surface area contributed by atoms with Crippen molar-refractivity contribution in [3.8, 4) is 0 Å². The maximum Gasteiger partial charge on any atom is 0.322 e. The number of nitrogens with one attached hydrogen (secondary N) is 1. The standard InChI is InChI=1S/C17H22N4O2/c1-12-8-5-6-9-14(12)19-17(22)21-11-7-3-4-10-15(21)16-18-13(2)23-20-16/h5-6,8-9,15H,3-4,7,10-11H2,1-2H3,(H,19,22)/t15-/m1/s1. The van der Waals surface area contributed by atoms with Crippen LogP contribution in [-0.4, -0.2) is 27.6 Å². The zero-order valence-electron chi connectivity index (χ0n) is 13.6. The van der Waals surface area contributed by atoms with Gasteiger partial charge in [0.1, 0.15) is 0 Å². The molecule has 6 heteroatoms. The molecule has 2 aromatic rings. The molecule has 2 amide bonds. The van der Waals surface area contributed by atoms with E-state index in [9.17, 15) is 4.79 Å². The zero-order chi connectivity index (χ0) is 16.2.